The Hall–Kier alpha value is -0.633. The van der Waals surface area contributed by atoms with E-state index in [4.69, 9.17) is 19.2 Å². The van der Waals surface area contributed by atoms with Gasteiger partial charge in [-0.25, -0.2) is 4.99 Å². The van der Waals surface area contributed by atoms with Crippen LogP contribution in [0.15, 0.2) is 4.99 Å². The van der Waals surface area contributed by atoms with Crippen molar-refractivity contribution >= 4 is 16.2 Å². The van der Waals surface area contributed by atoms with E-state index >= 15 is 0 Å². The Bertz CT molecular complexity index is 416. The minimum Gasteiger partial charge on any atom is -0.374 e. The highest BCUT2D eigenvalue weighted by Crippen LogP contribution is 2.23. The molecule has 2 fully saturated rings. The first-order valence-corrected chi connectivity index (χ1v) is 11.8. The summed E-state index contributed by atoms with van der Waals surface area (Å²) >= 11 is 0. The zero-order chi connectivity index (χ0) is 18.8. The highest BCUT2D eigenvalue weighted by Gasteiger charge is 2.40. The first kappa shape index (κ1) is 21.7. The molecule has 0 aromatic rings. The van der Waals surface area contributed by atoms with E-state index in [0.717, 1.165) is 22.2 Å². The van der Waals surface area contributed by atoms with Crippen molar-refractivity contribution in [2.24, 2.45) is 4.99 Å². The van der Waals surface area contributed by atoms with Crippen LogP contribution in [0.5, 0.6) is 0 Å². The molecule has 2 saturated carbocycles. The van der Waals surface area contributed by atoms with Crippen molar-refractivity contribution in [1.29, 1.82) is 0 Å². The molecule has 7 heteroatoms. The molecule has 0 spiro atoms. The molecule has 1 unspecified atom stereocenters. The SMILES string of the molecule is COC(C[SiH3])C(NC(=NC1CCCCC1)NC1CCCCC1)(OC)OC. The number of hydrogen-bond donors (Lipinski definition) is 2. The van der Waals surface area contributed by atoms with Crippen molar-refractivity contribution in [3.05, 3.63) is 0 Å². The third kappa shape index (κ3) is 5.94. The summed E-state index contributed by atoms with van der Waals surface area (Å²) in [6, 6.07) is 1.76. The molecule has 0 aromatic carbocycles. The Morgan fingerprint density at radius 3 is 2.08 bits per heavy atom. The molecule has 0 aliphatic heterocycles. The molecule has 0 heterocycles. The summed E-state index contributed by atoms with van der Waals surface area (Å²) in [5.41, 5.74) is 0. The van der Waals surface area contributed by atoms with E-state index in [1.807, 2.05) is 0 Å². The summed E-state index contributed by atoms with van der Waals surface area (Å²) < 4.78 is 17.2. The number of methoxy groups -OCH3 is 3. The maximum absolute atomic E-state index is 5.78. The van der Waals surface area contributed by atoms with Crippen molar-refractivity contribution in [2.75, 3.05) is 21.3 Å². The summed E-state index contributed by atoms with van der Waals surface area (Å²) in [6.07, 6.45) is 12.3. The van der Waals surface area contributed by atoms with E-state index in [1.54, 1.807) is 21.3 Å². The van der Waals surface area contributed by atoms with Crippen LogP contribution < -0.4 is 10.6 Å². The van der Waals surface area contributed by atoms with Gasteiger partial charge in [-0.15, -0.1) is 0 Å². The maximum atomic E-state index is 5.78. The predicted octanol–water partition coefficient (Wildman–Crippen LogP) is 1.93. The number of aliphatic imine (C=N–C) groups is 1. The van der Waals surface area contributed by atoms with Gasteiger partial charge in [0.2, 0.25) is 0 Å². The van der Waals surface area contributed by atoms with E-state index in [1.165, 1.54) is 64.2 Å². The van der Waals surface area contributed by atoms with Crippen molar-refractivity contribution in [1.82, 2.24) is 10.6 Å². The van der Waals surface area contributed by atoms with E-state index in [2.05, 4.69) is 10.6 Å². The molecule has 2 N–H and O–H groups in total. The van der Waals surface area contributed by atoms with Crippen LogP contribution in [0.3, 0.4) is 0 Å². The Morgan fingerprint density at radius 2 is 1.58 bits per heavy atom. The van der Waals surface area contributed by atoms with Crippen LogP contribution in [0.25, 0.3) is 0 Å². The van der Waals surface area contributed by atoms with Crippen LogP contribution in [0.4, 0.5) is 0 Å². The molecule has 0 amide bonds. The average Bonchev–Trinajstić information content (AvgIpc) is 2.69. The van der Waals surface area contributed by atoms with Crippen molar-refractivity contribution in [3.63, 3.8) is 0 Å². The Balaban J connectivity index is 2.17. The minimum absolute atomic E-state index is 0.172. The van der Waals surface area contributed by atoms with Gasteiger partial charge in [0.15, 0.2) is 5.96 Å². The first-order valence-electron chi connectivity index (χ1n) is 10.4. The lowest BCUT2D eigenvalue weighted by atomic mass is 9.95. The smallest absolute Gasteiger partial charge is 0.278 e. The van der Waals surface area contributed by atoms with Gasteiger partial charge in [0.05, 0.1) is 6.04 Å². The molecule has 0 bridgehead atoms. The number of nitrogens with zero attached hydrogens (tertiary/aromatic N) is 1. The molecular formula is C19H39N3O3Si. The van der Waals surface area contributed by atoms with Crippen LogP contribution in [0.2, 0.25) is 6.04 Å². The normalized spacial score (nSPS) is 22.3. The van der Waals surface area contributed by atoms with Crippen LogP contribution in [-0.4, -0.2) is 61.6 Å². The third-order valence-electron chi connectivity index (χ3n) is 5.81. The van der Waals surface area contributed by atoms with Crippen LogP contribution in [0.1, 0.15) is 64.2 Å². The van der Waals surface area contributed by atoms with Crippen molar-refractivity contribution < 1.29 is 14.2 Å². The van der Waals surface area contributed by atoms with Gasteiger partial charge in [0.1, 0.15) is 6.10 Å². The standard InChI is InChI=1S/C19H39N3O3Si/c1-23-17(14-26)19(24-2,25-3)22-18(20-15-10-6-4-7-11-15)21-16-12-8-5-9-13-16/h15-17H,4-14H2,1-3,26H3,(H2,20,21,22). The minimum atomic E-state index is -1.01. The molecule has 0 aromatic heterocycles. The van der Waals surface area contributed by atoms with Gasteiger partial charge in [-0.1, -0.05) is 38.5 Å². The van der Waals surface area contributed by atoms with Gasteiger partial charge in [0.25, 0.3) is 5.91 Å². The van der Waals surface area contributed by atoms with E-state index in [9.17, 15) is 0 Å². The van der Waals surface area contributed by atoms with Gasteiger partial charge in [-0.2, -0.15) is 0 Å². The highest BCUT2D eigenvalue weighted by molar-refractivity contribution is 6.09. The molecule has 2 aliphatic carbocycles. The van der Waals surface area contributed by atoms with Gasteiger partial charge in [0, 0.05) is 37.6 Å². The molecule has 1 atom stereocenters. The van der Waals surface area contributed by atoms with E-state index < -0.39 is 5.91 Å². The number of rotatable bonds is 8. The quantitative estimate of drug-likeness (QED) is 0.289. The monoisotopic (exact) mass is 385 g/mol. The fourth-order valence-corrected chi connectivity index (χ4v) is 5.09. The third-order valence-corrected chi connectivity index (χ3v) is 6.55. The molecule has 2 aliphatic rings. The lowest BCUT2D eigenvalue weighted by molar-refractivity contribution is -0.269. The number of hydrogen-bond acceptors (Lipinski definition) is 4. The highest BCUT2D eigenvalue weighted by atomic mass is 28.1. The van der Waals surface area contributed by atoms with Gasteiger partial charge in [-0.3, -0.25) is 0 Å². The zero-order valence-electron chi connectivity index (χ0n) is 17.2. The topological polar surface area (TPSA) is 64.1 Å². The van der Waals surface area contributed by atoms with Crippen LogP contribution in [-0.2, 0) is 14.2 Å². The second kappa shape index (κ2) is 11.3. The fourth-order valence-electron chi connectivity index (χ4n) is 4.22. The molecular weight excluding hydrogens is 346 g/mol. The fraction of sp³-hybridized carbons (Fsp3) is 0.947. The maximum Gasteiger partial charge on any atom is 0.278 e. The van der Waals surface area contributed by atoms with Gasteiger partial charge < -0.3 is 24.8 Å². The summed E-state index contributed by atoms with van der Waals surface area (Å²) in [4.78, 5) is 5.05. The number of ether oxygens (including phenoxy) is 3. The van der Waals surface area contributed by atoms with Gasteiger partial charge >= 0.3 is 0 Å². The van der Waals surface area contributed by atoms with E-state index in [-0.39, 0.29) is 6.10 Å². The first-order chi connectivity index (χ1) is 12.7. The summed E-state index contributed by atoms with van der Waals surface area (Å²) in [7, 11) is 6.05. The summed E-state index contributed by atoms with van der Waals surface area (Å²) in [5, 5.41) is 7.12. The van der Waals surface area contributed by atoms with Crippen molar-refractivity contribution in [2.45, 2.75) is 94.4 Å². The second-order valence-electron chi connectivity index (χ2n) is 7.58. The molecule has 26 heavy (non-hydrogen) atoms. The molecule has 0 saturated heterocycles. The Kier molecular flexibility index (Phi) is 9.39. The zero-order valence-corrected chi connectivity index (χ0v) is 19.2. The lowest BCUT2D eigenvalue weighted by Gasteiger charge is -2.39. The Labute approximate surface area is 162 Å². The molecule has 0 radical (unpaired) electrons. The van der Waals surface area contributed by atoms with Crippen LogP contribution in [0, 0.1) is 0 Å². The average molecular weight is 386 g/mol. The molecule has 6 nitrogen and oxygen atoms in total. The Morgan fingerprint density at radius 1 is 1.00 bits per heavy atom. The largest absolute Gasteiger partial charge is 0.374 e. The summed E-state index contributed by atoms with van der Waals surface area (Å²) in [5.74, 6) is -0.198. The predicted molar refractivity (Wildman–Crippen MR) is 110 cm³/mol. The molecule has 152 valence electrons. The van der Waals surface area contributed by atoms with Crippen LogP contribution >= 0.6 is 0 Å². The van der Waals surface area contributed by atoms with Gasteiger partial charge in [-0.05, 0) is 31.7 Å². The lowest BCUT2D eigenvalue weighted by Crippen LogP contribution is -2.63. The number of guanidine groups is 1. The van der Waals surface area contributed by atoms with Crippen molar-refractivity contribution in [3.8, 4) is 0 Å². The molecule has 2 rings (SSSR count). The second-order valence-corrected chi connectivity index (χ2v) is 8.40. The van der Waals surface area contributed by atoms with E-state index in [0.29, 0.717) is 12.1 Å². The number of nitrogens with one attached hydrogen (secondary N) is 2. The summed E-state index contributed by atoms with van der Waals surface area (Å²) in [6.45, 7) is 0.